The lowest BCUT2D eigenvalue weighted by atomic mass is 10.1. The number of benzene rings is 3. The second-order valence-corrected chi connectivity index (χ2v) is 10.3. The van der Waals surface area contributed by atoms with Crippen LogP contribution in [0.5, 0.6) is 11.5 Å². The van der Waals surface area contributed by atoms with Gasteiger partial charge in [-0.15, -0.1) is 10.2 Å². The van der Waals surface area contributed by atoms with E-state index in [0.717, 1.165) is 15.7 Å². The molecule has 0 aliphatic carbocycles. The molecule has 4 rings (SSSR count). The Balaban J connectivity index is 1.59. The van der Waals surface area contributed by atoms with E-state index in [1.165, 1.54) is 11.8 Å². The molecule has 0 fully saturated rings. The third-order valence-electron chi connectivity index (χ3n) is 5.31. The maximum absolute atomic E-state index is 11.6. The number of hydrogen-bond donors (Lipinski definition) is 0. The lowest BCUT2D eigenvalue weighted by molar-refractivity contribution is -0.479. The maximum Gasteiger partial charge on any atom is 0.220 e. The molecular weight excluding hydrogens is 568 g/mol. The van der Waals surface area contributed by atoms with Crippen LogP contribution in [-0.4, -0.2) is 33.3 Å². The molecule has 0 spiro atoms. The van der Waals surface area contributed by atoms with Crippen molar-refractivity contribution < 1.29 is 14.4 Å². The molecule has 11 heteroatoms. The lowest BCUT2D eigenvalue weighted by Gasteiger charge is -2.17. The molecular formula is C25H22BrClN4O4S. The third-order valence-corrected chi connectivity index (χ3v) is 7.27. The Morgan fingerprint density at radius 3 is 2.47 bits per heavy atom. The van der Waals surface area contributed by atoms with Crippen LogP contribution in [0.2, 0.25) is 5.02 Å². The summed E-state index contributed by atoms with van der Waals surface area (Å²) in [4.78, 5) is 11.2. The van der Waals surface area contributed by atoms with Gasteiger partial charge >= 0.3 is 0 Å². The molecule has 186 valence electrons. The number of methoxy groups -OCH3 is 1. The highest BCUT2D eigenvalue weighted by Gasteiger charge is 2.25. The van der Waals surface area contributed by atoms with Crippen molar-refractivity contribution in [3.8, 4) is 17.2 Å². The van der Waals surface area contributed by atoms with Gasteiger partial charge in [-0.2, -0.15) is 0 Å². The van der Waals surface area contributed by atoms with Gasteiger partial charge in [-0.25, -0.2) is 0 Å². The van der Waals surface area contributed by atoms with Crippen LogP contribution in [0.25, 0.3) is 5.69 Å². The first-order valence-electron chi connectivity index (χ1n) is 10.9. The zero-order valence-electron chi connectivity index (χ0n) is 19.4. The molecule has 0 amide bonds. The van der Waals surface area contributed by atoms with Gasteiger partial charge in [-0.1, -0.05) is 57.5 Å². The predicted octanol–water partition coefficient (Wildman–Crippen LogP) is 6.69. The fraction of sp³-hybridized carbons (Fsp3) is 0.200. The molecule has 0 aliphatic rings. The molecule has 36 heavy (non-hydrogen) atoms. The van der Waals surface area contributed by atoms with E-state index in [-0.39, 0.29) is 11.5 Å². The summed E-state index contributed by atoms with van der Waals surface area (Å²) in [5.41, 5.74) is 2.54. The van der Waals surface area contributed by atoms with E-state index in [9.17, 15) is 10.1 Å². The fourth-order valence-corrected chi connectivity index (χ4v) is 5.08. The normalized spacial score (nSPS) is 11.8. The summed E-state index contributed by atoms with van der Waals surface area (Å²) in [7, 11) is 1.54. The Bertz CT molecular complexity index is 1350. The highest BCUT2D eigenvalue weighted by atomic mass is 79.9. The molecule has 0 bridgehead atoms. The van der Waals surface area contributed by atoms with Crippen LogP contribution >= 0.6 is 39.3 Å². The van der Waals surface area contributed by atoms with Crippen LogP contribution in [0.15, 0.2) is 76.4 Å². The van der Waals surface area contributed by atoms with Crippen molar-refractivity contribution in [2.24, 2.45) is 0 Å². The van der Waals surface area contributed by atoms with Crippen LogP contribution in [0, 0.1) is 17.0 Å². The lowest BCUT2D eigenvalue weighted by Crippen LogP contribution is -2.11. The Kier molecular flexibility index (Phi) is 8.50. The Hall–Kier alpha value is -3.08. The molecule has 0 unspecified atom stereocenters. The first-order chi connectivity index (χ1) is 17.3. The summed E-state index contributed by atoms with van der Waals surface area (Å²) >= 11 is 10.7. The minimum Gasteiger partial charge on any atom is -0.493 e. The maximum atomic E-state index is 11.6. The van der Waals surface area contributed by atoms with Gasteiger partial charge in [0.25, 0.3) is 0 Å². The number of hydrogen-bond acceptors (Lipinski definition) is 7. The van der Waals surface area contributed by atoms with E-state index in [2.05, 4.69) is 26.1 Å². The molecule has 8 nitrogen and oxygen atoms in total. The SMILES string of the molecule is COc1cc([C@@H](C[N+](=O)[O-])Sc2nnc(C)n2-c2ccc(Cl)cc2)ccc1OCc1ccc(Br)cc1. The molecule has 3 aromatic carbocycles. The molecule has 0 aliphatic heterocycles. The van der Waals surface area contributed by atoms with Crippen LogP contribution in [0.1, 0.15) is 22.2 Å². The number of aryl methyl sites for hydroxylation is 1. The average Bonchev–Trinajstić information content (AvgIpc) is 3.23. The molecule has 1 atom stereocenters. The summed E-state index contributed by atoms with van der Waals surface area (Å²) in [6, 6.07) is 20.4. The summed E-state index contributed by atoms with van der Waals surface area (Å²) in [6.45, 7) is 1.88. The van der Waals surface area contributed by atoms with Crippen LogP contribution in [0.4, 0.5) is 0 Å². The Labute approximate surface area is 225 Å². The van der Waals surface area contributed by atoms with Crippen molar-refractivity contribution in [2.75, 3.05) is 13.7 Å². The Morgan fingerprint density at radius 1 is 1.08 bits per heavy atom. The quantitative estimate of drug-likeness (QED) is 0.116. The number of aromatic nitrogens is 3. The summed E-state index contributed by atoms with van der Waals surface area (Å²) in [5.74, 6) is 1.71. The largest absolute Gasteiger partial charge is 0.493 e. The van der Waals surface area contributed by atoms with Gasteiger partial charge < -0.3 is 9.47 Å². The molecule has 4 aromatic rings. The second kappa shape index (κ2) is 11.8. The minimum atomic E-state index is -0.538. The number of thioether (sulfide) groups is 1. The van der Waals surface area contributed by atoms with Crippen LogP contribution in [0.3, 0.4) is 0 Å². The third kappa shape index (κ3) is 6.37. The highest BCUT2D eigenvalue weighted by molar-refractivity contribution is 9.10. The highest BCUT2D eigenvalue weighted by Crippen LogP contribution is 2.39. The van der Waals surface area contributed by atoms with E-state index >= 15 is 0 Å². The van der Waals surface area contributed by atoms with Gasteiger partial charge in [-0.3, -0.25) is 14.7 Å². The van der Waals surface area contributed by atoms with Crippen molar-refractivity contribution in [1.29, 1.82) is 0 Å². The number of nitro groups is 1. The fourth-order valence-electron chi connectivity index (χ4n) is 3.53. The van der Waals surface area contributed by atoms with E-state index in [0.29, 0.717) is 39.7 Å². The Morgan fingerprint density at radius 2 is 1.81 bits per heavy atom. The zero-order chi connectivity index (χ0) is 25.7. The van der Waals surface area contributed by atoms with E-state index in [1.807, 2.05) is 54.0 Å². The van der Waals surface area contributed by atoms with E-state index in [4.69, 9.17) is 21.1 Å². The number of ether oxygens (including phenoxy) is 2. The topological polar surface area (TPSA) is 92.3 Å². The molecule has 1 aromatic heterocycles. The second-order valence-electron chi connectivity index (χ2n) is 7.79. The molecule has 0 saturated carbocycles. The van der Waals surface area contributed by atoms with Gasteiger partial charge in [0.1, 0.15) is 17.7 Å². The van der Waals surface area contributed by atoms with Crippen molar-refractivity contribution in [3.63, 3.8) is 0 Å². The van der Waals surface area contributed by atoms with Gasteiger partial charge in [0, 0.05) is 20.1 Å². The van der Waals surface area contributed by atoms with Gasteiger partial charge in [0.15, 0.2) is 16.7 Å². The number of halogens is 2. The zero-order valence-corrected chi connectivity index (χ0v) is 22.6. The van der Waals surface area contributed by atoms with Crippen molar-refractivity contribution >= 4 is 39.3 Å². The minimum absolute atomic E-state index is 0.306. The summed E-state index contributed by atoms with van der Waals surface area (Å²) < 4.78 is 14.3. The van der Waals surface area contributed by atoms with E-state index in [1.54, 1.807) is 31.4 Å². The van der Waals surface area contributed by atoms with E-state index < -0.39 is 5.25 Å². The van der Waals surface area contributed by atoms with Gasteiger partial charge in [0.05, 0.1) is 7.11 Å². The van der Waals surface area contributed by atoms with Crippen LogP contribution < -0.4 is 9.47 Å². The smallest absolute Gasteiger partial charge is 0.220 e. The first-order valence-corrected chi connectivity index (χ1v) is 12.9. The number of nitrogens with zero attached hydrogens (tertiary/aromatic N) is 4. The summed E-state index contributed by atoms with van der Waals surface area (Å²) in [5, 5.41) is 20.6. The van der Waals surface area contributed by atoms with Gasteiger partial charge in [0.2, 0.25) is 6.54 Å². The molecule has 0 radical (unpaired) electrons. The van der Waals surface area contributed by atoms with Gasteiger partial charge in [-0.05, 0) is 66.6 Å². The van der Waals surface area contributed by atoms with Crippen molar-refractivity contribution in [1.82, 2.24) is 14.8 Å². The standard InChI is InChI=1S/C25H22BrClN4O4S/c1-16-28-29-25(31(16)21-10-8-20(27)9-11-21)36-24(14-30(32)33)18-5-12-22(23(13-18)34-2)35-15-17-3-6-19(26)7-4-17/h3-13,24H,14-15H2,1-2H3/t24-/m1/s1. The average molecular weight is 590 g/mol. The monoisotopic (exact) mass is 588 g/mol. The van der Waals surface area contributed by atoms with Crippen molar-refractivity contribution in [2.45, 2.75) is 23.9 Å². The predicted molar refractivity (Wildman–Crippen MR) is 143 cm³/mol. The molecule has 1 heterocycles. The molecule has 0 N–H and O–H groups in total. The van der Waals surface area contributed by atoms with Crippen molar-refractivity contribution in [3.05, 3.63) is 103 Å². The summed E-state index contributed by atoms with van der Waals surface area (Å²) in [6.07, 6.45) is 0. The first kappa shape index (κ1) is 26.0. The van der Waals surface area contributed by atoms with Crippen LogP contribution in [-0.2, 0) is 6.61 Å². The molecule has 0 saturated heterocycles. The number of rotatable bonds is 10.